The quantitative estimate of drug-likeness (QED) is 0.880. The van der Waals surface area contributed by atoms with Crippen molar-refractivity contribution in [3.05, 3.63) is 42.5 Å². The number of piperidine rings is 1. The number of hydrogen-bond donors (Lipinski definition) is 2. The number of nitrogens with zero attached hydrogens (tertiary/aromatic N) is 1. The minimum Gasteiger partial charge on any atom is -0.382 e. The van der Waals surface area contributed by atoms with Crippen molar-refractivity contribution in [3.63, 3.8) is 0 Å². The molecule has 3 rings (SSSR count). The zero-order chi connectivity index (χ0) is 13.9. The second kappa shape index (κ2) is 5.41. The molecule has 0 radical (unpaired) electrons. The molecule has 20 heavy (non-hydrogen) atoms. The number of carbonyl (C=O) groups excluding carboxylic acids is 1. The van der Waals surface area contributed by atoms with Gasteiger partial charge >= 0.3 is 6.03 Å². The summed E-state index contributed by atoms with van der Waals surface area (Å²) in [5.41, 5.74) is 6.43. The third-order valence-corrected chi connectivity index (χ3v) is 3.93. The summed E-state index contributed by atoms with van der Waals surface area (Å²) in [7, 11) is 0. The Kier molecular flexibility index (Phi) is 3.46. The summed E-state index contributed by atoms with van der Waals surface area (Å²) in [5.74, 6) is 0. The highest BCUT2D eigenvalue weighted by molar-refractivity contribution is 5.85. The number of amides is 2. The van der Waals surface area contributed by atoms with Gasteiger partial charge in [-0.15, -0.1) is 0 Å². The fraction of sp³-hybridized carbons (Fsp3) is 0.312. The lowest BCUT2D eigenvalue weighted by Gasteiger charge is -2.31. The van der Waals surface area contributed by atoms with Crippen LogP contribution in [0.1, 0.15) is 12.8 Å². The number of anilines is 1. The SMILES string of the molecule is NC(=O)N1CCC(Nc2ccc3ccccc3c2)CC1. The predicted octanol–water partition coefficient (Wildman–Crippen LogP) is 2.79. The van der Waals surface area contributed by atoms with Gasteiger partial charge < -0.3 is 16.0 Å². The van der Waals surface area contributed by atoms with Crippen LogP contribution in [0, 0.1) is 0 Å². The number of hydrogen-bond acceptors (Lipinski definition) is 2. The lowest BCUT2D eigenvalue weighted by Crippen LogP contribution is -2.44. The number of benzene rings is 2. The van der Waals surface area contributed by atoms with Crippen LogP contribution < -0.4 is 11.1 Å². The van der Waals surface area contributed by atoms with Gasteiger partial charge in [-0.1, -0.05) is 30.3 Å². The van der Waals surface area contributed by atoms with Crippen LogP contribution in [0.2, 0.25) is 0 Å². The molecule has 0 aromatic heterocycles. The van der Waals surface area contributed by atoms with Crippen molar-refractivity contribution in [2.24, 2.45) is 5.73 Å². The molecule has 2 aromatic rings. The summed E-state index contributed by atoms with van der Waals surface area (Å²) >= 11 is 0. The molecule has 0 atom stereocenters. The summed E-state index contributed by atoms with van der Waals surface area (Å²) in [6.45, 7) is 1.47. The Labute approximate surface area is 118 Å². The molecule has 2 amide bonds. The molecule has 3 N–H and O–H groups in total. The van der Waals surface area contributed by atoms with Crippen molar-refractivity contribution in [1.82, 2.24) is 4.90 Å². The second-order valence-corrected chi connectivity index (χ2v) is 5.31. The zero-order valence-corrected chi connectivity index (χ0v) is 11.4. The van der Waals surface area contributed by atoms with Crippen molar-refractivity contribution in [2.45, 2.75) is 18.9 Å². The molecule has 4 heteroatoms. The first kappa shape index (κ1) is 12.8. The number of carbonyl (C=O) groups is 1. The molecule has 0 aliphatic carbocycles. The number of nitrogens with one attached hydrogen (secondary N) is 1. The summed E-state index contributed by atoms with van der Waals surface area (Å²) in [6.07, 6.45) is 1.88. The van der Waals surface area contributed by atoms with E-state index in [0.29, 0.717) is 6.04 Å². The molecule has 1 aliphatic rings. The first-order valence-electron chi connectivity index (χ1n) is 7.02. The molecule has 4 nitrogen and oxygen atoms in total. The molecule has 0 unspecified atom stereocenters. The fourth-order valence-electron chi connectivity index (χ4n) is 2.76. The first-order chi connectivity index (χ1) is 9.72. The monoisotopic (exact) mass is 269 g/mol. The first-order valence-corrected chi connectivity index (χ1v) is 7.02. The van der Waals surface area contributed by atoms with Crippen molar-refractivity contribution in [2.75, 3.05) is 18.4 Å². The lowest BCUT2D eigenvalue weighted by molar-refractivity contribution is 0.193. The Bertz CT molecular complexity index is 618. The van der Waals surface area contributed by atoms with E-state index in [1.54, 1.807) is 4.90 Å². The van der Waals surface area contributed by atoms with Crippen LogP contribution in [-0.2, 0) is 0 Å². The van der Waals surface area contributed by atoms with Crippen LogP contribution in [0.3, 0.4) is 0 Å². The van der Waals surface area contributed by atoms with Crippen LogP contribution in [0.5, 0.6) is 0 Å². The van der Waals surface area contributed by atoms with Crippen molar-refractivity contribution in [3.8, 4) is 0 Å². The Hall–Kier alpha value is -2.23. The standard InChI is InChI=1S/C16H19N3O/c17-16(20)19-9-7-14(8-10-19)18-15-6-5-12-3-1-2-4-13(12)11-15/h1-6,11,14,18H,7-10H2,(H2,17,20). The van der Waals surface area contributed by atoms with E-state index in [1.165, 1.54) is 10.8 Å². The van der Waals surface area contributed by atoms with Gasteiger partial charge in [-0.3, -0.25) is 0 Å². The van der Waals surface area contributed by atoms with Crippen molar-refractivity contribution >= 4 is 22.5 Å². The van der Waals surface area contributed by atoms with E-state index in [4.69, 9.17) is 5.73 Å². The van der Waals surface area contributed by atoms with Gasteiger partial charge in [0.2, 0.25) is 0 Å². The Morgan fingerprint density at radius 3 is 2.50 bits per heavy atom. The number of likely N-dealkylation sites (tertiary alicyclic amines) is 1. The van der Waals surface area contributed by atoms with Crippen LogP contribution in [0.25, 0.3) is 10.8 Å². The summed E-state index contributed by atoms with van der Waals surface area (Å²) in [5, 5.41) is 6.05. The molecule has 0 spiro atoms. The lowest BCUT2D eigenvalue weighted by atomic mass is 10.0. The van der Waals surface area contributed by atoms with E-state index in [-0.39, 0.29) is 6.03 Å². The number of fused-ring (bicyclic) bond motifs is 1. The number of nitrogens with two attached hydrogens (primary N) is 1. The van der Waals surface area contributed by atoms with Gasteiger partial charge in [0.05, 0.1) is 0 Å². The third kappa shape index (κ3) is 2.69. The van der Waals surface area contributed by atoms with Crippen molar-refractivity contribution < 1.29 is 4.79 Å². The van der Waals surface area contributed by atoms with Gasteiger partial charge in [0.1, 0.15) is 0 Å². The van der Waals surface area contributed by atoms with Gasteiger partial charge in [-0.2, -0.15) is 0 Å². The molecule has 1 aliphatic heterocycles. The maximum Gasteiger partial charge on any atom is 0.314 e. The number of urea groups is 1. The molecule has 0 saturated carbocycles. The highest BCUT2D eigenvalue weighted by Crippen LogP contribution is 2.21. The van der Waals surface area contributed by atoms with Gasteiger partial charge in [0.15, 0.2) is 0 Å². The average Bonchev–Trinajstić information content (AvgIpc) is 2.48. The van der Waals surface area contributed by atoms with E-state index in [9.17, 15) is 4.79 Å². The van der Waals surface area contributed by atoms with Crippen LogP contribution in [0.15, 0.2) is 42.5 Å². The Morgan fingerprint density at radius 2 is 1.80 bits per heavy atom. The van der Waals surface area contributed by atoms with Gasteiger partial charge in [-0.05, 0) is 35.7 Å². The highest BCUT2D eigenvalue weighted by atomic mass is 16.2. The van der Waals surface area contributed by atoms with Gasteiger partial charge in [0, 0.05) is 24.8 Å². The second-order valence-electron chi connectivity index (χ2n) is 5.31. The van der Waals surface area contributed by atoms with E-state index >= 15 is 0 Å². The van der Waals surface area contributed by atoms with Crippen LogP contribution in [-0.4, -0.2) is 30.1 Å². The molecule has 2 aromatic carbocycles. The van der Waals surface area contributed by atoms with E-state index in [2.05, 4.69) is 47.8 Å². The molecule has 1 fully saturated rings. The molecule has 104 valence electrons. The van der Waals surface area contributed by atoms with Gasteiger partial charge in [-0.25, -0.2) is 4.79 Å². The maximum absolute atomic E-state index is 11.1. The summed E-state index contributed by atoms with van der Waals surface area (Å²) in [4.78, 5) is 12.8. The predicted molar refractivity (Wildman–Crippen MR) is 81.7 cm³/mol. The number of rotatable bonds is 2. The molecular weight excluding hydrogens is 250 g/mol. The molecular formula is C16H19N3O. The Balaban J connectivity index is 1.66. The van der Waals surface area contributed by atoms with Crippen LogP contribution in [0.4, 0.5) is 10.5 Å². The summed E-state index contributed by atoms with van der Waals surface area (Å²) < 4.78 is 0. The normalized spacial score (nSPS) is 16.3. The van der Waals surface area contributed by atoms with E-state index in [0.717, 1.165) is 31.6 Å². The average molecular weight is 269 g/mol. The van der Waals surface area contributed by atoms with Gasteiger partial charge in [0.25, 0.3) is 0 Å². The minimum absolute atomic E-state index is 0.311. The van der Waals surface area contributed by atoms with Crippen LogP contribution >= 0.6 is 0 Å². The third-order valence-electron chi connectivity index (χ3n) is 3.93. The highest BCUT2D eigenvalue weighted by Gasteiger charge is 2.20. The van der Waals surface area contributed by atoms with E-state index in [1.807, 2.05) is 0 Å². The molecule has 1 saturated heterocycles. The maximum atomic E-state index is 11.1. The Morgan fingerprint density at radius 1 is 1.10 bits per heavy atom. The van der Waals surface area contributed by atoms with E-state index < -0.39 is 0 Å². The molecule has 0 bridgehead atoms. The summed E-state index contributed by atoms with van der Waals surface area (Å²) in [6, 6.07) is 14.9. The zero-order valence-electron chi connectivity index (χ0n) is 11.4. The minimum atomic E-state index is -0.311. The molecule has 1 heterocycles. The number of primary amides is 1. The fourth-order valence-corrected chi connectivity index (χ4v) is 2.76. The van der Waals surface area contributed by atoms with Crippen molar-refractivity contribution in [1.29, 1.82) is 0 Å². The smallest absolute Gasteiger partial charge is 0.314 e. The largest absolute Gasteiger partial charge is 0.382 e. The topological polar surface area (TPSA) is 58.4 Å².